The summed E-state index contributed by atoms with van der Waals surface area (Å²) in [5, 5.41) is 2.96. The van der Waals surface area contributed by atoms with E-state index in [9.17, 15) is 14.4 Å². The molecule has 0 bridgehead atoms. The number of likely N-dealkylation sites (N-methyl/N-ethyl adjacent to an activating group) is 1. The molecule has 3 amide bonds. The third-order valence-electron chi connectivity index (χ3n) is 5.97. The molecule has 8 heteroatoms. The molecular weight excluding hydrogens is 410 g/mol. The Morgan fingerprint density at radius 1 is 1.16 bits per heavy atom. The van der Waals surface area contributed by atoms with Crippen molar-refractivity contribution in [3.05, 3.63) is 12.2 Å². The Kier molecular flexibility index (Phi) is 10.6. The maximum absolute atomic E-state index is 13.2. The van der Waals surface area contributed by atoms with E-state index >= 15 is 0 Å². The summed E-state index contributed by atoms with van der Waals surface area (Å²) in [4.78, 5) is 45.9. The van der Waals surface area contributed by atoms with Crippen LogP contribution >= 0.6 is 0 Å². The number of amides is 3. The van der Waals surface area contributed by atoms with Crippen LogP contribution in [0.4, 0.5) is 0 Å². The molecule has 2 aliphatic heterocycles. The van der Waals surface area contributed by atoms with Gasteiger partial charge in [-0.25, -0.2) is 10.3 Å². The fraction of sp³-hybridized carbons (Fsp3) is 0.792. The number of nitrogens with zero attached hydrogens (tertiary/aromatic N) is 1. The zero-order chi connectivity index (χ0) is 23.6. The van der Waals surface area contributed by atoms with Gasteiger partial charge in [0, 0.05) is 39.0 Å². The van der Waals surface area contributed by atoms with Crippen LogP contribution in [0.5, 0.6) is 0 Å². The summed E-state index contributed by atoms with van der Waals surface area (Å²) in [6.07, 6.45) is 10.5. The van der Waals surface area contributed by atoms with Crippen molar-refractivity contribution in [2.45, 2.75) is 90.9 Å². The van der Waals surface area contributed by atoms with Gasteiger partial charge in [-0.1, -0.05) is 32.9 Å². The molecule has 3 atom stereocenters. The van der Waals surface area contributed by atoms with E-state index in [1.54, 1.807) is 11.9 Å². The summed E-state index contributed by atoms with van der Waals surface area (Å²) in [6.45, 7) is 7.08. The number of nitrogens with one attached hydrogen (secondary N) is 2. The number of hydrogen-bond acceptors (Lipinski definition) is 5. The van der Waals surface area contributed by atoms with Gasteiger partial charge in [-0.05, 0) is 50.4 Å². The first-order chi connectivity index (χ1) is 15.2. The van der Waals surface area contributed by atoms with Crippen molar-refractivity contribution in [2.75, 3.05) is 20.2 Å². The average molecular weight is 452 g/mol. The van der Waals surface area contributed by atoms with Crippen molar-refractivity contribution in [2.24, 2.45) is 11.3 Å². The first-order valence-corrected chi connectivity index (χ1v) is 11.9. The molecule has 2 N–H and O–H groups in total. The molecule has 1 fully saturated rings. The molecule has 0 radical (unpaired) electrons. The van der Waals surface area contributed by atoms with E-state index in [2.05, 4.69) is 22.9 Å². The molecular formula is C24H41N3O5. The van der Waals surface area contributed by atoms with Crippen LogP contribution in [-0.4, -0.2) is 55.2 Å². The molecule has 2 heterocycles. The SMILES string of the molecule is CN1CCC/C=C/CCC[C@H](CC(=O)NOC2CCCCO2)C(=O)N[C@@H](C(C)(C)C)C1=O. The van der Waals surface area contributed by atoms with Crippen molar-refractivity contribution < 1.29 is 24.0 Å². The van der Waals surface area contributed by atoms with E-state index in [1.165, 1.54) is 0 Å². The number of hydroxylamine groups is 1. The monoisotopic (exact) mass is 451 g/mol. The summed E-state index contributed by atoms with van der Waals surface area (Å²) in [6, 6.07) is -0.657. The van der Waals surface area contributed by atoms with Crippen LogP contribution in [0.2, 0.25) is 0 Å². The summed E-state index contributed by atoms with van der Waals surface area (Å²) in [5.74, 6) is -1.26. The summed E-state index contributed by atoms with van der Waals surface area (Å²) >= 11 is 0. The van der Waals surface area contributed by atoms with Crippen molar-refractivity contribution in [1.82, 2.24) is 15.7 Å². The number of carbonyl (C=O) groups is 3. The van der Waals surface area contributed by atoms with E-state index in [0.717, 1.165) is 44.9 Å². The Morgan fingerprint density at radius 3 is 2.53 bits per heavy atom. The highest BCUT2D eigenvalue weighted by Crippen LogP contribution is 2.23. The van der Waals surface area contributed by atoms with Crippen LogP contribution in [0.25, 0.3) is 0 Å². The quantitative estimate of drug-likeness (QED) is 0.506. The molecule has 182 valence electrons. The van der Waals surface area contributed by atoms with Gasteiger partial charge in [-0.15, -0.1) is 0 Å². The summed E-state index contributed by atoms with van der Waals surface area (Å²) in [7, 11) is 1.78. The lowest BCUT2D eigenvalue weighted by molar-refractivity contribution is -0.200. The van der Waals surface area contributed by atoms with Crippen LogP contribution in [0.3, 0.4) is 0 Å². The topological polar surface area (TPSA) is 97.0 Å². The Balaban J connectivity index is 2.07. The number of rotatable bonds is 4. The first kappa shape index (κ1) is 26.3. The fourth-order valence-corrected chi connectivity index (χ4v) is 3.93. The highest BCUT2D eigenvalue weighted by molar-refractivity contribution is 5.91. The van der Waals surface area contributed by atoms with E-state index in [1.807, 2.05) is 20.8 Å². The summed E-state index contributed by atoms with van der Waals surface area (Å²) < 4.78 is 5.46. The molecule has 0 spiro atoms. The van der Waals surface area contributed by atoms with E-state index in [-0.39, 0.29) is 24.1 Å². The molecule has 0 saturated carbocycles. The van der Waals surface area contributed by atoms with Crippen molar-refractivity contribution in [3.63, 3.8) is 0 Å². The van der Waals surface area contributed by atoms with Gasteiger partial charge >= 0.3 is 0 Å². The van der Waals surface area contributed by atoms with Gasteiger partial charge in [-0.2, -0.15) is 0 Å². The smallest absolute Gasteiger partial charge is 0.245 e. The molecule has 0 aromatic heterocycles. The molecule has 2 rings (SSSR count). The van der Waals surface area contributed by atoms with Crippen LogP contribution in [-0.2, 0) is 24.0 Å². The molecule has 1 unspecified atom stereocenters. The maximum atomic E-state index is 13.2. The lowest BCUT2D eigenvalue weighted by Crippen LogP contribution is -2.55. The van der Waals surface area contributed by atoms with Crippen LogP contribution in [0.1, 0.15) is 78.6 Å². The van der Waals surface area contributed by atoms with E-state index in [0.29, 0.717) is 19.6 Å². The number of ether oxygens (including phenoxy) is 1. The highest BCUT2D eigenvalue weighted by Gasteiger charge is 2.36. The van der Waals surface area contributed by atoms with Crippen molar-refractivity contribution in [3.8, 4) is 0 Å². The molecule has 1 saturated heterocycles. The normalized spacial score (nSPS) is 27.9. The molecule has 0 aromatic carbocycles. The molecule has 32 heavy (non-hydrogen) atoms. The second-order valence-electron chi connectivity index (χ2n) is 9.95. The lowest BCUT2D eigenvalue weighted by Gasteiger charge is -2.34. The van der Waals surface area contributed by atoms with E-state index < -0.39 is 23.7 Å². The minimum atomic E-state index is -0.657. The minimum absolute atomic E-state index is 0.00314. The van der Waals surface area contributed by atoms with Crippen molar-refractivity contribution >= 4 is 17.7 Å². The van der Waals surface area contributed by atoms with Gasteiger partial charge < -0.3 is 15.0 Å². The van der Waals surface area contributed by atoms with E-state index in [4.69, 9.17) is 9.57 Å². The van der Waals surface area contributed by atoms with Gasteiger partial charge in [0.15, 0.2) is 6.29 Å². The number of hydrogen-bond donors (Lipinski definition) is 2. The van der Waals surface area contributed by atoms with Crippen LogP contribution in [0, 0.1) is 11.3 Å². The third-order valence-corrected chi connectivity index (χ3v) is 5.97. The predicted molar refractivity (Wildman–Crippen MR) is 122 cm³/mol. The van der Waals surface area contributed by atoms with Crippen molar-refractivity contribution in [1.29, 1.82) is 0 Å². The molecule has 8 nitrogen and oxygen atoms in total. The van der Waals surface area contributed by atoms with Gasteiger partial charge in [0.2, 0.25) is 17.7 Å². The zero-order valence-electron chi connectivity index (χ0n) is 20.2. The summed E-state index contributed by atoms with van der Waals surface area (Å²) in [5.41, 5.74) is 2.00. The molecule has 0 aromatic rings. The second kappa shape index (κ2) is 12.9. The first-order valence-electron chi connectivity index (χ1n) is 11.9. The number of allylic oxidation sites excluding steroid dienone is 2. The van der Waals surface area contributed by atoms with Gasteiger partial charge in [-0.3, -0.25) is 14.4 Å². The Hall–Kier alpha value is -1.93. The highest BCUT2D eigenvalue weighted by atomic mass is 16.8. The van der Waals surface area contributed by atoms with Gasteiger partial charge in [0.1, 0.15) is 6.04 Å². The molecule has 2 aliphatic rings. The Morgan fingerprint density at radius 2 is 1.88 bits per heavy atom. The largest absolute Gasteiger partial charge is 0.350 e. The van der Waals surface area contributed by atoms with Gasteiger partial charge in [0.05, 0.1) is 0 Å². The lowest BCUT2D eigenvalue weighted by atomic mass is 9.85. The van der Waals surface area contributed by atoms with Crippen LogP contribution < -0.4 is 10.8 Å². The average Bonchev–Trinajstić information content (AvgIpc) is 2.75. The number of carbonyl (C=O) groups excluding carboxylic acids is 3. The van der Waals surface area contributed by atoms with Gasteiger partial charge in [0.25, 0.3) is 0 Å². The Bertz CT molecular complexity index is 653. The standard InChI is InChI=1S/C24H41N3O5/c1-24(2,3)21-23(30)27(4)15-11-8-6-5-7-9-13-18(22(29)25-21)17-19(28)26-32-20-14-10-12-16-31-20/h5-6,18,20-21H,7-17H2,1-4H3,(H,25,29)(H,26,28)/b6-5+/t18-,20?,21-/m1/s1. The predicted octanol–water partition coefficient (Wildman–Crippen LogP) is 3.08. The molecule has 0 aliphatic carbocycles. The zero-order valence-corrected chi connectivity index (χ0v) is 20.2. The third kappa shape index (κ3) is 8.90. The minimum Gasteiger partial charge on any atom is -0.350 e. The fourth-order valence-electron chi connectivity index (χ4n) is 3.93. The van der Waals surface area contributed by atoms with Crippen LogP contribution in [0.15, 0.2) is 12.2 Å². The second-order valence-corrected chi connectivity index (χ2v) is 9.95. The Labute approximate surface area is 192 Å². The maximum Gasteiger partial charge on any atom is 0.245 e.